The first-order valence-electron chi connectivity index (χ1n) is 6.48. The number of nitro benzene ring substituents is 1. The van der Waals surface area contributed by atoms with Gasteiger partial charge >= 0.3 is 0 Å². The standard InChI is InChI=1S/C13H14FN3O3S/c1-7-10-5-21-12(15)16-13(10,6-20-7)9-4-8(17(18)19)2-3-11(9)14/h2-4,7,10H,5-6H2,1H3,(H2,15,16)/t7-,10-,13-/m1/s1. The SMILES string of the molecule is C[C@H]1OC[C@]2(c3cc([N+](=O)[O-])ccc3F)N=C(N)SC[C@H]12. The van der Waals surface area contributed by atoms with Crippen molar-refractivity contribution < 1.29 is 14.1 Å². The van der Waals surface area contributed by atoms with Gasteiger partial charge in [0.05, 0.1) is 17.6 Å². The van der Waals surface area contributed by atoms with Gasteiger partial charge in [-0.3, -0.25) is 10.1 Å². The summed E-state index contributed by atoms with van der Waals surface area (Å²) in [7, 11) is 0. The molecule has 0 aliphatic carbocycles. The predicted octanol–water partition coefficient (Wildman–Crippen LogP) is 2.03. The molecule has 2 N–H and O–H groups in total. The third-order valence-corrected chi connectivity index (χ3v) is 5.01. The zero-order valence-electron chi connectivity index (χ0n) is 11.3. The van der Waals surface area contributed by atoms with Gasteiger partial charge in [0.2, 0.25) is 0 Å². The van der Waals surface area contributed by atoms with Gasteiger partial charge in [0.1, 0.15) is 11.4 Å². The van der Waals surface area contributed by atoms with Crippen LogP contribution >= 0.6 is 11.8 Å². The Morgan fingerprint density at radius 3 is 3.10 bits per heavy atom. The summed E-state index contributed by atoms with van der Waals surface area (Å²) in [4.78, 5) is 14.8. The molecule has 6 nitrogen and oxygen atoms in total. The average Bonchev–Trinajstić information content (AvgIpc) is 2.76. The van der Waals surface area contributed by atoms with Gasteiger partial charge in [-0.15, -0.1) is 0 Å². The van der Waals surface area contributed by atoms with E-state index in [9.17, 15) is 14.5 Å². The molecule has 0 radical (unpaired) electrons. The number of hydrogen-bond donors (Lipinski definition) is 1. The predicted molar refractivity (Wildman–Crippen MR) is 77.7 cm³/mol. The van der Waals surface area contributed by atoms with Gasteiger partial charge in [-0.25, -0.2) is 9.38 Å². The summed E-state index contributed by atoms with van der Waals surface area (Å²) in [5.74, 6) is 0.0663. The lowest BCUT2D eigenvalue weighted by Crippen LogP contribution is -2.41. The van der Waals surface area contributed by atoms with E-state index >= 15 is 0 Å². The highest BCUT2D eigenvalue weighted by molar-refractivity contribution is 8.13. The molecule has 0 amide bonds. The van der Waals surface area contributed by atoms with E-state index in [1.807, 2.05) is 6.92 Å². The van der Waals surface area contributed by atoms with Crippen molar-refractivity contribution in [2.75, 3.05) is 12.4 Å². The molecule has 2 heterocycles. The summed E-state index contributed by atoms with van der Waals surface area (Å²) in [5, 5.41) is 11.3. The number of halogens is 1. The summed E-state index contributed by atoms with van der Waals surface area (Å²) in [6, 6.07) is 3.50. The summed E-state index contributed by atoms with van der Waals surface area (Å²) < 4.78 is 20.0. The summed E-state index contributed by atoms with van der Waals surface area (Å²) in [5.41, 5.74) is 4.87. The Balaban J connectivity index is 2.18. The van der Waals surface area contributed by atoms with Crippen LogP contribution in [0.1, 0.15) is 12.5 Å². The van der Waals surface area contributed by atoms with Crippen molar-refractivity contribution in [3.63, 3.8) is 0 Å². The number of nitrogens with two attached hydrogens (primary N) is 1. The van der Waals surface area contributed by atoms with E-state index in [-0.39, 0.29) is 29.9 Å². The Bertz CT molecular complexity index is 639. The molecule has 0 unspecified atom stereocenters. The highest BCUT2D eigenvalue weighted by Gasteiger charge is 2.53. The van der Waals surface area contributed by atoms with Crippen LogP contribution in [0.2, 0.25) is 0 Å². The van der Waals surface area contributed by atoms with Crippen molar-refractivity contribution in [1.82, 2.24) is 0 Å². The monoisotopic (exact) mass is 311 g/mol. The van der Waals surface area contributed by atoms with Gasteiger partial charge in [-0.2, -0.15) is 0 Å². The van der Waals surface area contributed by atoms with Gasteiger partial charge < -0.3 is 10.5 Å². The fourth-order valence-electron chi connectivity index (χ4n) is 2.96. The van der Waals surface area contributed by atoms with Crippen molar-refractivity contribution in [2.24, 2.45) is 16.6 Å². The molecular weight excluding hydrogens is 297 g/mol. The van der Waals surface area contributed by atoms with E-state index in [0.717, 1.165) is 12.1 Å². The minimum Gasteiger partial charge on any atom is -0.379 e. The summed E-state index contributed by atoms with van der Waals surface area (Å²) in [6.45, 7) is 2.08. The van der Waals surface area contributed by atoms with Crippen LogP contribution in [0.4, 0.5) is 10.1 Å². The molecule has 1 fully saturated rings. The lowest BCUT2D eigenvalue weighted by atomic mass is 9.79. The first-order valence-corrected chi connectivity index (χ1v) is 7.47. The maximum Gasteiger partial charge on any atom is 0.270 e. The Morgan fingerprint density at radius 1 is 1.62 bits per heavy atom. The van der Waals surface area contributed by atoms with Crippen LogP contribution in [0.3, 0.4) is 0 Å². The lowest BCUT2D eigenvalue weighted by molar-refractivity contribution is -0.385. The lowest BCUT2D eigenvalue weighted by Gasteiger charge is -2.35. The third kappa shape index (κ3) is 2.18. The molecule has 2 aliphatic rings. The molecule has 8 heteroatoms. The molecule has 21 heavy (non-hydrogen) atoms. The van der Waals surface area contributed by atoms with Crippen molar-refractivity contribution >= 4 is 22.6 Å². The smallest absolute Gasteiger partial charge is 0.270 e. The van der Waals surface area contributed by atoms with E-state index < -0.39 is 16.3 Å². The first kappa shape index (κ1) is 14.3. The minimum absolute atomic E-state index is 0.0636. The van der Waals surface area contributed by atoms with Crippen LogP contribution in [-0.4, -0.2) is 28.6 Å². The Morgan fingerprint density at radius 2 is 2.38 bits per heavy atom. The second-order valence-electron chi connectivity index (χ2n) is 5.23. The van der Waals surface area contributed by atoms with E-state index in [1.54, 1.807) is 0 Å². The molecule has 0 spiro atoms. The van der Waals surface area contributed by atoms with Gasteiger partial charge in [0, 0.05) is 29.4 Å². The highest BCUT2D eigenvalue weighted by Crippen LogP contribution is 2.48. The number of ether oxygens (including phenoxy) is 1. The second-order valence-corrected chi connectivity index (χ2v) is 6.27. The zero-order valence-corrected chi connectivity index (χ0v) is 12.1. The number of rotatable bonds is 2. The van der Waals surface area contributed by atoms with E-state index in [1.165, 1.54) is 17.8 Å². The number of aliphatic imine (C=N–C) groups is 1. The topological polar surface area (TPSA) is 90.8 Å². The van der Waals surface area contributed by atoms with Crippen LogP contribution in [-0.2, 0) is 10.3 Å². The molecule has 2 aliphatic heterocycles. The molecule has 1 saturated heterocycles. The quantitative estimate of drug-likeness (QED) is 0.666. The van der Waals surface area contributed by atoms with Crippen molar-refractivity contribution in [2.45, 2.75) is 18.6 Å². The molecule has 0 bridgehead atoms. The normalized spacial score (nSPS) is 31.6. The fourth-order valence-corrected chi connectivity index (χ4v) is 4.08. The van der Waals surface area contributed by atoms with Crippen LogP contribution in [0, 0.1) is 21.8 Å². The highest BCUT2D eigenvalue weighted by atomic mass is 32.2. The number of benzene rings is 1. The third-order valence-electron chi connectivity index (χ3n) is 4.09. The average molecular weight is 311 g/mol. The van der Waals surface area contributed by atoms with Crippen molar-refractivity contribution in [3.8, 4) is 0 Å². The molecule has 1 aromatic carbocycles. The van der Waals surface area contributed by atoms with Gasteiger partial charge in [0.15, 0.2) is 5.17 Å². The Kier molecular flexibility index (Phi) is 3.37. The van der Waals surface area contributed by atoms with Gasteiger partial charge in [-0.05, 0) is 13.0 Å². The van der Waals surface area contributed by atoms with E-state index in [0.29, 0.717) is 10.9 Å². The minimum atomic E-state index is -0.967. The maximum absolute atomic E-state index is 14.3. The van der Waals surface area contributed by atoms with Crippen molar-refractivity contribution in [3.05, 3.63) is 39.7 Å². The zero-order chi connectivity index (χ0) is 15.2. The molecule has 0 saturated carbocycles. The van der Waals surface area contributed by atoms with E-state index in [4.69, 9.17) is 10.5 Å². The molecule has 3 atom stereocenters. The molecule has 1 aromatic rings. The fraction of sp³-hybridized carbons (Fsp3) is 0.462. The number of nitro groups is 1. The molecule has 3 rings (SSSR count). The van der Waals surface area contributed by atoms with Crippen LogP contribution in [0.15, 0.2) is 23.2 Å². The summed E-state index contributed by atoms with van der Waals surface area (Å²) >= 11 is 1.40. The molecular formula is C13H14FN3O3S. The van der Waals surface area contributed by atoms with Crippen LogP contribution < -0.4 is 5.73 Å². The first-order chi connectivity index (χ1) is 9.94. The number of nitrogens with zero attached hydrogens (tertiary/aromatic N) is 2. The Labute approximate surface area is 124 Å². The number of non-ortho nitro benzene ring substituents is 1. The van der Waals surface area contributed by atoms with Crippen LogP contribution in [0.25, 0.3) is 0 Å². The second kappa shape index (κ2) is 4.96. The number of amidine groups is 1. The number of thioether (sulfide) groups is 1. The van der Waals surface area contributed by atoms with Gasteiger partial charge in [0.25, 0.3) is 5.69 Å². The molecule has 112 valence electrons. The maximum atomic E-state index is 14.3. The van der Waals surface area contributed by atoms with Crippen LogP contribution in [0.5, 0.6) is 0 Å². The summed E-state index contributed by atoms with van der Waals surface area (Å²) in [6.07, 6.45) is -0.104. The van der Waals surface area contributed by atoms with Gasteiger partial charge in [-0.1, -0.05) is 11.8 Å². The number of fused-ring (bicyclic) bond motifs is 1. The number of hydrogen-bond acceptors (Lipinski definition) is 6. The molecule has 0 aromatic heterocycles. The van der Waals surface area contributed by atoms with Crippen molar-refractivity contribution in [1.29, 1.82) is 0 Å². The van der Waals surface area contributed by atoms with E-state index in [2.05, 4.69) is 4.99 Å². The Hall–Kier alpha value is -1.67. The largest absolute Gasteiger partial charge is 0.379 e.